The van der Waals surface area contributed by atoms with E-state index in [0.29, 0.717) is 17.7 Å². The molecule has 0 saturated carbocycles. The molecule has 7 heteroatoms. The Labute approximate surface area is 124 Å². The van der Waals surface area contributed by atoms with Crippen molar-refractivity contribution in [2.45, 2.75) is 25.9 Å². The van der Waals surface area contributed by atoms with Gasteiger partial charge >= 0.3 is 5.69 Å². The third-order valence-corrected chi connectivity index (χ3v) is 3.47. The fraction of sp³-hybridized carbons (Fsp3) is 0.462. The number of carbonyl (C=O) groups excluding carboxylic acids is 1. The normalized spacial score (nSPS) is 18.6. The molecular formula is C13H14BrNO5. The fourth-order valence-corrected chi connectivity index (χ4v) is 2.52. The third kappa shape index (κ3) is 3.34. The number of nitro benzene ring substituents is 1. The smallest absolute Gasteiger partial charge is 0.312 e. The van der Waals surface area contributed by atoms with Crippen molar-refractivity contribution in [3.8, 4) is 5.75 Å². The molecule has 0 N–H and O–H groups in total. The highest BCUT2D eigenvalue weighted by Gasteiger charge is 2.26. The Kier molecular flexibility index (Phi) is 4.72. The van der Waals surface area contributed by atoms with Crippen molar-refractivity contribution in [3.63, 3.8) is 0 Å². The molecule has 1 unspecified atom stereocenters. The van der Waals surface area contributed by atoms with Gasteiger partial charge in [0.1, 0.15) is 6.10 Å². The summed E-state index contributed by atoms with van der Waals surface area (Å²) < 4.78 is 11.5. The highest BCUT2D eigenvalue weighted by atomic mass is 79.9. The van der Waals surface area contributed by atoms with Gasteiger partial charge in [-0.1, -0.05) is 15.9 Å². The van der Waals surface area contributed by atoms with Crippen molar-refractivity contribution in [1.82, 2.24) is 0 Å². The number of ketones is 1. The lowest BCUT2D eigenvalue weighted by Gasteiger charge is -2.24. The Morgan fingerprint density at radius 2 is 2.30 bits per heavy atom. The van der Waals surface area contributed by atoms with Crippen molar-refractivity contribution in [2.75, 3.05) is 13.2 Å². The predicted octanol–water partition coefficient (Wildman–Crippen LogP) is 3.12. The highest BCUT2D eigenvalue weighted by molar-refractivity contribution is 9.10. The Bertz CT molecular complexity index is 505. The maximum Gasteiger partial charge on any atom is 0.312 e. The standard InChI is InChI=1S/C13H14BrNO5/c1-8(16)11-5-9(14)6-12(15(17)18)13(11)20-10-3-2-4-19-7-10/h5-6,10H,2-4,7H2,1H3. The minimum absolute atomic E-state index is 0.0289. The van der Waals surface area contributed by atoms with Gasteiger partial charge in [-0.05, 0) is 25.8 Å². The summed E-state index contributed by atoms with van der Waals surface area (Å²) in [5.41, 5.74) is -0.00760. The SMILES string of the molecule is CC(=O)c1cc(Br)cc([N+](=O)[O-])c1OC1CCCOC1. The molecule has 108 valence electrons. The maximum atomic E-state index is 11.7. The van der Waals surface area contributed by atoms with Gasteiger partial charge in [-0.2, -0.15) is 0 Å². The molecule has 2 rings (SSSR count). The lowest BCUT2D eigenvalue weighted by molar-refractivity contribution is -0.386. The van der Waals surface area contributed by atoms with E-state index in [9.17, 15) is 14.9 Å². The molecule has 0 radical (unpaired) electrons. The minimum Gasteiger partial charge on any atom is -0.481 e. The molecule has 1 atom stereocenters. The van der Waals surface area contributed by atoms with Gasteiger partial charge in [0.05, 0.1) is 17.1 Å². The molecule has 20 heavy (non-hydrogen) atoms. The average Bonchev–Trinajstić information content (AvgIpc) is 2.41. The van der Waals surface area contributed by atoms with Crippen LogP contribution in [-0.4, -0.2) is 30.0 Å². The van der Waals surface area contributed by atoms with Gasteiger partial charge in [0, 0.05) is 17.1 Å². The van der Waals surface area contributed by atoms with Crippen LogP contribution in [0, 0.1) is 10.1 Å². The van der Waals surface area contributed by atoms with Gasteiger partial charge in [0.2, 0.25) is 5.75 Å². The number of hydrogen-bond acceptors (Lipinski definition) is 5. The molecule has 1 aromatic rings. The second kappa shape index (κ2) is 6.32. The summed E-state index contributed by atoms with van der Waals surface area (Å²) in [6.45, 7) is 2.40. The fourth-order valence-electron chi connectivity index (χ4n) is 2.07. The molecular weight excluding hydrogens is 330 g/mol. The van der Waals surface area contributed by atoms with Crippen LogP contribution in [0.3, 0.4) is 0 Å². The van der Waals surface area contributed by atoms with Crippen LogP contribution in [0.25, 0.3) is 0 Å². The molecule has 1 saturated heterocycles. The molecule has 0 amide bonds. The van der Waals surface area contributed by atoms with Crippen molar-refractivity contribution in [3.05, 3.63) is 32.3 Å². The van der Waals surface area contributed by atoms with Crippen molar-refractivity contribution in [2.24, 2.45) is 0 Å². The number of benzene rings is 1. The van der Waals surface area contributed by atoms with Crippen molar-refractivity contribution in [1.29, 1.82) is 0 Å². The van der Waals surface area contributed by atoms with Crippen LogP contribution in [0.5, 0.6) is 5.75 Å². The summed E-state index contributed by atoms with van der Waals surface area (Å²) in [5.74, 6) is -0.248. The van der Waals surface area contributed by atoms with E-state index in [1.807, 2.05) is 0 Å². The number of carbonyl (C=O) groups is 1. The number of rotatable bonds is 4. The van der Waals surface area contributed by atoms with E-state index in [1.165, 1.54) is 19.1 Å². The highest BCUT2D eigenvalue weighted by Crippen LogP contribution is 2.36. The molecule has 0 bridgehead atoms. The van der Waals surface area contributed by atoms with Gasteiger partial charge in [0.25, 0.3) is 0 Å². The lowest BCUT2D eigenvalue weighted by atomic mass is 10.1. The number of Topliss-reactive ketones (excluding diaryl/α,β-unsaturated/α-hetero) is 1. The van der Waals surface area contributed by atoms with Crippen LogP contribution in [0.4, 0.5) is 5.69 Å². The van der Waals surface area contributed by atoms with Gasteiger partial charge < -0.3 is 9.47 Å². The van der Waals surface area contributed by atoms with Crippen LogP contribution in [0.15, 0.2) is 16.6 Å². The first kappa shape index (κ1) is 14.9. The van der Waals surface area contributed by atoms with Gasteiger partial charge in [-0.15, -0.1) is 0 Å². The van der Waals surface area contributed by atoms with E-state index in [2.05, 4.69) is 15.9 Å². The van der Waals surface area contributed by atoms with Crippen molar-refractivity contribution >= 4 is 27.4 Å². The largest absolute Gasteiger partial charge is 0.481 e. The molecule has 0 aliphatic carbocycles. The van der Waals surface area contributed by atoms with Crippen LogP contribution in [0.1, 0.15) is 30.1 Å². The van der Waals surface area contributed by atoms with E-state index in [4.69, 9.17) is 9.47 Å². The zero-order valence-electron chi connectivity index (χ0n) is 10.9. The van der Waals surface area contributed by atoms with Gasteiger partial charge in [-0.3, -0.25) is 14.9 Å². The van der Waals surface area contributed by atoms with Crippen LogP contribution in [-0.2, 0) is 4.74 Å². The summed E-state index contributed by atoms with van der Waals surface area (Å²) in [6, 6.07) is 2.87. The second-order valence-electron chi connectivity index (χ2n) is 4.57. The molecule has 1 aromatic carbocycles. The zero-order valence-corrected chi connectivity index (χ0v) is 12.5. The van der Waals surface area contributed by atoms with Gasteiger partial charge in [0.15, 0.2) is 5.78 Å². The Morgan fingerprint density at radius 3 is 2.85 bits per heavy atom. The monoisotopic (exact) mass is 343 g/mol. The summed E-state index contributed by atoms with van der Waals surface area (Å²) in [6.07, 6.45) is 1.33. The number of nitrogens with zero attached hydrogens (tertiary/aromatic N) is 1. The van der Waals surface area contributed by atoms with Crippen LogP contribution >= 0.6 is 15.9 Å². The predicted molar refractivity (Wildman–Crippen MR) is 75.3 cm³/mol. The number of ether oxygens (including phenoxy) is 2. The Morgan fingerprint density at radius 1 is 1.55 bits per heavy atom. The zero-order chi connectivity index (χ0) is 14.7. The summed E-state index contributed by atoms with van der Waals surface area (Å²) >= 11 is 3.17. The number of hydrogen-bond donors (Lipinski definition) is 0. The molecule has 1 heterocycles. The Hall–Kier alpha value is -1.47. The van der Waals surface area contributed by atoms with Gasteiger partial charge in [-0.25, -0.2) is 0 Å². The topological polar surface area (TPSA) is 78.7 Å². The molecule has 1 fully saturated rings. The molecule has 6 nitrogen and oxygen atoms in total. The lowest BCUT2D eigenvalue weighted by Crippen LogP contribution is -2.28. The summed E-state index contributed by atoms with van der Waals surface area (Å²) in [4.78, 5) is 22.3. The third-order valence-electron chi connectivity index (χ3n) is 3.01. The molecule has 0 aromatic heterocycles. The molecule has 0 spiro atoms. The average molecular weight is 344 g/mol. The van der Waals surface area contributed by atoms with Crippen LogP contribution < -0.4 is 4.74 Å². The van der Waals surface area contributed by atoms with E-state index in [1.54, 1.807) is 0 Å². The number of halogens is 1. The van der Waals surface area contributed by atoms with E-state index in [0.717, 1.165) is 12.8 Å². The van der Waals surface area contributed by atoms with Crippen LogP contribution in [0.2, 0.25) is 0 Å². The minimum atomic E-state index is -0.545. The van der Waals surface area contributed by atoms with E-state index in [-0.39, 0.29) is 28.9 Å². The van der Waals surface area contributed by atoms with Crippen molar-refractivity contribution < 1.29 is 19.2 Å². The second-order valence-corrected chi connectivity index (χ2v) is 5.49. The first-order chi connectivity index (χ1) is 9.49. The maximum absolute atomic E-state index is 11.7. The Balaban J connectivity index is 2.41. The first-order valence-corrected chi connectivity index (χ1v) is 7.01. The molecule has 1 aliphatic rings. The van der Waals surface area contributed by atoms with E-state index < -0.39 is 4.92 Å². The first-order valence-electron chi connectivity index (χ1n) is 6.22. The van der Waals surface area contributed by atoms with E-state index >= 15 is 0 Å². The number of nitro groups is 1. The summed E-state index contributed by atoms with van der Waals surface area (Å²) in [5, 5.41) is 11.2. The summed E-state index contributed by atoms with van der Waals surface area (Å²) in [7, 11) is 0. The molecule has 1 aliphatic heterocycles. The quantitative estimate of drug-likeness (QED) is 0.476.